The lowest BCUT2D eigenvalue weighted by atomic mass is 10.2. The molecule has 0 aliphatic rings. The molecule has 1 N–H and O–H groups in total. The Kier molecular flexibility index (Phi) is 4.04. The van der Waals surface area contributed by atoms with Crippen molar-refractivity contribution in [1.82, 2.24) is 15.1 Å². The molecule has 0 amide bonds. The van der Waals surface area contributed by atoms with Gasteiger partial charge in [-0.3, -0.25) is 4.68 Å². The van der Waals surface area contributed by atoms with Crippen LogP contribution in [0.15, 0.2) is 16.8 Å². The monoisotopic (exact) mass is 264 g/mol. The van der Waals surface area contributed by atoms with Crippen LogP contribution in [0.25, 0.3) is 0 Å². The van der Waals surface area contributed by atoms with Crippen LogP contribution in [0, 0.1) is 6.92 Å². The third-order valence-electron chi connectivity index (χ3n) is 3.03. The van der Waals surface area contributed by atoms with Crippen molar-refractivity contribution >= 4 is 17.2 Å². The van der Waals surface area contributed by atoms with E-state index in [-0.39, 0.29) is 0 Å². The van der Waals surface area contributed by atoms with Crippen LogP contribution in [0.4, 0.5) is 5.82 Å². The lowest BCUT2D eigenvalue weighted by molar-refractivity contribution is 0.724. The molecule has 0 unspecified atom stereocenters. The highest BCUT2D eigenvalue weighted by Gasteiger charge is 2.16. The lowest BCUT2D eigenvalue weighted by Crippen LogP contribution is -2.21. The van der Waals surface area contributed by atoms with Crippen molar-refractivity contribution in [2.45, 2.75) is 20.0 Å². The van der Waals surface area contributed by atoms with E-state index in [2.05, 4.69) is 46.1 Å². The number of rotatable bonds is 5. The number of nitrogens with one attached hydrogen (secondary N) is 1. The van der Waals surface area contributed by atoms with Crippen molar-refractivity contribution in [2.24, 2.45) is 7.05 Å². The standard InChI is InChI=1S/C13H20N4S/c1-10-12(7-14-2)13(17(4)15-10)16(3)8-11-5-6-18-9-11/h5-6,9,14H,7-8H2,1-4H3. The van der Waals surface area contributed by atoms with E-state index in [4.69, 9.17) is 0 Å². The summed E-state index contributed by atoms with van der Waals surface area (Å²) in [5.41, 5.74) is 3.72. The Hall–Kier alpha value is -1.33. The summed E-state index contributed by atoms with van der Waals surface area (Å²) in [6.07, 6.45) is 0. The van der Waals surface area contributed by atoms with Crippen LogP contribution in [-0.4, -0.2) is 23.9 Å². The molecular formula is C13H20N4S. The summed E-state index contributed by atoms with van der Waals surface area (Å²) in [6, 6.07) is 2.17. The number of hydrogen-bond donors (Lipinski definition) is 1. The van der Waals surface area contributed by atoms with Crippen molar-refractivity contribution in [3.8, 4) is 0 Å². The Bertz CT molecular complexity index is 501. The van der Waals surface area contributed by atoms with Gasteiger partial charge in [0, 0.05) is 32.7 Å². The third kappa shape index (κ3) is 2.57. The summed E-state index contributed by atoms with van der Waals surface area (Å²) < 4.78 is 1.97. The molecule has 0 atom stereocenters. The van der Waals surface area contributed by atoms with Gasteiger partial charge < -0.3 is 10.2 Å². The lowest BCUT2D eigenvalue weighted by Gasteiger charge is -2.20. The summed E-state index contributed by atoms with van der Waals surface area (Å²) in [4.78, 5) is 2.26. The van der Waals surface area contributed by atoms with E-state index in [1.165, 1.54) is 16.9 Å². The molecule has 0 spiro atoms. The topological polar surface area (TPSA) is 33.1 Å². The van der Waals surface area contributed by atoms with E-state index < -0.39 is 0 Å². The SMILES string of the molecule is CNCc1c(C)nn(C)c1N(C)Cc1ccsc1. The average Bonchev–Trinajstić information content (AvgIpc) is 2.89. The fourth-order valence-electron chi connectivity index (χ4n) is 2.28. The molecule has 2 rings (SSSR count). The number of thiophene rings is 1. The largest absolute Gasteiger partial charge is 0.355 e. The first-order valence-electron chi connectivity index (χ1n) is 6.02. The molecule has 0 radical (unpaired) electrons. The summed E-state index contributed by atoms with van der Waals surface area (Å²) >= 11 is 1.74. The van der Waals surface area contributed by atoms with Crippen molar-refractivity contribution in [3.05, 3.63) is 33.6 Å². The minimum absolute atomic E-state index is 0.850. The summed E-state index contributed by atoms with van der Waals surface area (Å²) in [6.45, 7) is 3.83. The third-order valence-corrected chi connectivity index (χ3v) is 3.76. The van der Waals surface area contributed by atoms with Crippen LogP contribution in [0.1, 0.15) is 16.8 Å². The van der Waals surface area contributed by atoms with Gasteiger partial charge >= 0.3 is 0 Å². The molecule has 18 heavy (non-hydrogen) atoms. The van der Waals surface area contributed by atoms with Crippen molar-refractivity contribution < 1.29 is 0 Å². The number of nitrogens with zero attached hydrogens (tertiary/aromatic N) is 3. The zero-order valence-electron chi connectivity index (χ0n) is 11.4. The molecule has 2 aromatic heterocycles. The molecule has 5 heteroatoms. The van der Waals surface area contributed by atoms with E-state index in [1.807, 2.05) is 18.8 Å². The molecule has 4 nitrogen and oxygen atoms in total. The fraction of sp³-hybridized carbons (Fsp3) is 0.462. The van der Waals surface area contributed by atoms with Gasteiger partial charge in [-0.25, -0.2) is 0 Å². The van der Waals surface area contributed by atoms with Gasteiger partial charge in [-0.05, 0) is 36.4 Å². The van der Waals surface area contributed by atoms with Crippen LogP contribution >= 0.6 is 11.3 Å². The minimum atomic E-state index is 0.850. The minimum Gasteiger partial charge on any atom is -0.355 e. The Balaban J connectivity index is 2.26. The summed E-state index contributed by atoms with van der Waals surface area (Å²) in [7, 11) is 6.09. The molecule has 98 valence electrons. The number of anilines is 1. The highest BCUT2D eigenvalue weighted by atomic mass is 32.1. The quantitative estimate of drug-likeness (QED) is 0.898. The average molecular weight is 264 g/mol. The van der Waals surface area contributed by atoms with E-state index in [9.17, 15) is 0 Å². The van der Waals surface area contributed by atoms with Gasteiger partial charge in [0.1, 0.15) is 5.82 Å². The second-order valence-corrected chi connectivity index (χ2v) is 5.31. The first kappa shape index (κ1) is 13.1. The van der Waals surface area contributed by atoms with Gasteiger partial charge in [-0.2, -0.15) is 16.4 Å². The summed E-state index contributed by atoms with van der Waals surface area (Å²) in [5, 5.41) is 12.0. The van der Waals surface area contributed by atoms with Gasteiger partial charge in [0.05, 0.1) is 5.69 Å². The van der Waals surface area contributed by atoms with Crippen molar-refractivity contribution in [3.63, 3.8) is 0 Å². The van der Waals surface area contributed by atoms with Gasteiger partial charge in [-0.1, -0.05) is 0 Å². The molecular weight excluding hydrogens is 244 g/mol. The maximum Gasteiger partial charge on any atom is 0.131 e. The molecule has 0 saturated carbocycles. The van der Waals surface area contributed by atoms with Crippen LogP contribution in [-0.2, 0) is 20.1 Å². The van der Waals surface area contributed by atoms with Crippen LogP contribution in [0.5, 0.6) is 0 Å². The smallest absolute Gasteiger partial charge is 0.131 e. The van der Waals surface area contributed by atoms with E-state index in [0.717, 1.165) is 18.8 Å². The van der Waals surface area contributed by atoms with Gasteiger partial charge in [0.25, 0.3) is 0 Å². The number of hydrogen-bond acceptors (Lipinski definition) is 4. The van der Waals surface area contributed by atoms with Gasteiger partial charge in [0.15, 0.2) is 0 Å². The normalized spacial score (nSPS) is 10.9. The highest BCUT2D eigenvalue weighted by Crippen LogP contribution is 2.23. The van der Waals surface area contributed by atoms with E-state index >= 15 is 0 Å². The van der Waals surface area contributed by atoms with Gasteiger partial charge in [-0.15, -0.1) is 0 Å². The highest BCUT2D eigenvalue weighted by molar-refractivity contribution is 7.07. The molecule has 0 aliphatic carbocycles. The maximum atomic E-state index is 4.52. The van der Waals surface area contributed by atoms with E-state index in [1.54, 1.807) is 11.3 Å². The molecule has 0 fully saturated rings. The second kappa shape index (κ2) is 5.54. The molecule has 0 aromatic carbocycles. The van der Waals surface area contributed by atoms with Crippen LogP contribution in [0.3, 0.4) is 0 Å². The molecule has 0 saturated heterocycles. The van der Waals surface area contributed by atoms with Crippen molar-refractivity contribution in [1.29, 1.82) is 0 Å². The van der Waals surface area contributed by atoms with Crippen LogP contribution < -0.4 is 10.2 Å². The Morgan fingerprint density at radius 1 is 1.50 bits per heavy atom. The molecule has 0 aliphatic heterocycles. The van der Waals surface area contributed by atoms with Crippen molar-refractivity contribution in [2.75, 3.05) is 19.0 Å². The first-order chi connectivity index (χ1) is 8.63. The number of aryl methyl sites for hydroxylation is 2. The number of aromatic nitrogens is 2. The Morgan fingerprint density at radius 2 is 2.28 bits per heavy atom. The maximum absolute atomic E-state index is 4.52. The molecule has 2 aromatic rings. The van der Waals surface area contributed by atoms with Gasteiger partial charge in [0.2, 0.25) is 0 Å². The first-order valence-corrected chi connectivity index (χ1v) is 6.97. The van der Waals surface area contributed by atoms with Crippen LogP contribution in [0.2, 0.25) is 0 Å². The summed E-state index contributed by atoms with van der Waals surface area (Å²) in [5.74, 6) is 1.19. The molecule has 0 bridgehead atoms. The zero-order chi connectivity index (χ0) is 13.1. The predicted octanol–water partition coefficient (Wildman–Crippen LogP) is 2.15. The van der Waals surface area contributed by atoms with E-state index in [0.29, 0.717) is 0 Å². The zero-order valence-corrected chi connectivity index (χ0v) is 12.2. The fourth-order valence-corrected chi connectivity index (χ4v) is 2.94. The Labute approximate surface area is 112 Å². The Morgan fingerprint density at radius 3 is 2.89 bits per heavy atom. The predicted molar refractivity (Wildman–Crippen MR) is 77.1 cm³/mol. The second-order valence-electron chi connectivity index (χ2n) is 4.53. The molecule has 2 heterocycles.